The van der Waals surface area contributed by atoms with E-state index < -0.39 is 42.6 Å². The molecule has 12 nitrogen and oxygen atoms in total. The van der Waals surface area contributed by atoms with Gasteiger partial charge in [-0.25, -0.2) is 8.42 Å². The number of rotatable bonds is 5. The van der Waals surface area contributed by atoms with Crippen molar-refractivity contribution >= 4 is 27.2 Å². The Balaban J connectivity index is 0.00000320. The summed E-state index contributed by atoms with van der Waals surface area (Å²) >= 11 is 0. The Kier molecular flexibility index (Phi) is 6.58. The van der Waals surface area contributed by atoms with Gasteiger partial charge in [-0.05, 0) is 18.2 Å². The Labute approximate surface area is 179 Å². The first kappa shape index (κ1) is 23.0. The number of hydrogen-bond donors (Lipinski definition) is 0. The van der Waals surface area contributed by atoms with Crippen molar-refractivity contribution in [2.24, 2.45) is 10.2 Å². The minimum Gasteiger partial charge on any atom is -0.866 e. The van der Waals surface area contributed by atoms with Crippen molar-refractivity contribution in [2.75, 3.05) is 0 Å². The van der Waals surface area contributed by atoms with Gasteiger partial charge < -0.3 is 19.4 Å². The fourth-order valence-corrected chi connectivity index (χ4v) is 2.90. The van der Waals surface area contributed by atoms with Crippen molar-refractivity contribution in [1.82, 2.24) is 9.78 Å². The summed E-state index contributed by atoms with van der Waals surface area (Å²) in [6, 6.07) is 9.26. The van der Waals surface area contributed by atoms with E-state index in [9.17, 15) is 33.0 Å². The van der Waals surface area contributed by atoms with E-state index in [1.165, 1.54) is 6.92 Å². The molecule has 0 aliphatic carbocycles. The van der Waals surface area contributed by atoms with Crippen LogP contribution in [0.25, 0.3) is 5.69 Å². The zero-order valence-electron chi connectivity index (χ0n) is 15.0. The van der Waals surface area contributed by atoms with Crippen LogP contribution >= 0.6 is 0 Å². The molecule has 0 fully saturated rings. The van der Waals surface area contributed by atoms with Crippen molar-refractivity contribution in [3.63, 3.8) is 0 Å². The first-order valence-electron chi connectivity index (χ1n) is 7.78. The molecule has 0 bridgehead atoms. The summed E-state index contributed by atoms with van der Waals surface area (Å²) in [5.74, 6) is -1.26. The van der Waals surface area contributed by atoms with Crippen LogP contribution in [0, 0.1) is 17.0 Å². The Morgan fingerprint density at radius 1 is 1.13 bits per heavy atom. The second-order valence-electron chi connectivity index (χ2n) is 5.69. The molecule has 1 radical (unpaired) electrons. The minimum absolute atomic E-state index is 0. The molecule has 1 aromatic heterocycles. The number of para-hydroxylation sites is 1. The first-order chi connectivity index (χ1) is 13.6. The van der Waals surface area contributed by atoms with Gasteiger partial charge in [-0.3, -0.25) is 14.9 Å². The fraction of sp³-hybridized carbons (Fsp3) is 0.0625. The van der Waals surface area contributed by atoms with Crippen LogP contribution in [-0.2, 0) is 27.5 Å². The van der Waals surface area contributed by atoms with Crippen molar-refractivity contribution in [2.45, 2.75) is 11.8 Å². The van der Waals surface area contributed by atoms with Crippen LogP contribution in [0.4, 0.5) is 17.1 Å². The van der Waals surface area contributed by atoms with Crippen LogP contribution < -0.4 is 15.8 Å². The summed E-state index contributed by atoms with van der Waals surface area (Å²) < 4.78 is 34.6. The Morgan fingerprint density at radius 2 is 1.77 bits per heavy atom. The van der Waals surface area contributed by atoms with E-state index in [0.29, 0.717) is 17.8 Å². The van der Waals surface area contributed by atoms with Crippen molar-refractivity contribution < 1.29 is 40.4 Å². The number of nitrogens with zero attached hydrogens (tertiary/aromatic N) is 5. The molecule has 3 rings (SSSR count). The summed E-state index contributed by atoms with van der Waals surface area (Å²) in [7, 11) is -5.10. The SMILES string of the molecule is Cc1[n-]n(-c2ccccc2)c(=O)c1N=Nc1cc(S(=O)(=O)[O-])cc([N+](=O)[O-])c1[O-].[Cr+3]. The number of hydrogen-bond acceptors (Lipinski definition) is 9. The Bertz CT molecular complexity index is 1300. The number of azo groups is 1. The number of aryl methyl sites for hydroxylation is 1. The molecule has 0 amide bonds. The maximum atomic E-state index is 12.5. The Hall–Kier alpha value is -3.31. The third-order valence-corrected chi connectivity index (χ3v) is 4.57. The normalized spacial score (nSPS) is 11.4. The number of nitro benzene ring substituents is 1. The van der Waals surface area contributed by atoms with Gasteiger partial charge in [-0.1, -0.05) is 25.1 Å². The molecule has 1 heterocycles. The molecule has 0 atom stereocenters. The van der Waals surface area contributed by atoms with E-state index in [1.54, 1.807) is 30.3 Å². The molecule has 14 heteroatoms. The summed E-state index contributed by atoms with van der Waals surface area (Å²) in [6.07, 6.45) is 0. The van der Waals surface area contributed by atoms with Gasteiger partial charge in [0.15, 0.2) is 0 Å². The topological polar surface area (TPSA) is 184 Å². The maximum Gasteiger partial charge on any atom is 3.00 e. The van der Waals surface area contributed by atoms with Crippen LogP contribution in [0.1, 0.15) is 5.69 Å². The molecule has 0 unspecified atom stereocenters. The van der Waals surface area contributed by atoms with E-state index in [0.717, 1.165) is 4.68 Å². The molecular formula is C16H10CrN5O7S. The van der Waals surface area contributed by atoms with Crippen LogP contribution in [0.2, 0.25) is 0 Å². The standard InChI is InChI=1S/C16H13N5O7S.Cr/c1-9-14(16(23)20(19-9)10-5-3-2-4-6-10)18-17-12-7-11(29(26,27)28)8-13(15(12)22)21(24)25;/h2-8H,1H3,(H3,17,18,19,22,23,26,27,28);/q;+3/p-3. The van der Waals surface area contributed by atoms with E-state index in [1.807, 2.05) is 0 Å². The summed E-state index contributed by atoms with van der Waals surface area (Å²) in [6.45, 7) is 1.45. The quantitative estimate of drug-likeness (QED) is 0.233. The first-order valence-corrected chi connectivity index (χ1v) is 9.19. The molecule has 3 aromatic rings. The van der Waals surface area contributed by atoms with Gasteiger partial charge in [0, 0.05) is 17.5 Å². The molecule has 0 saturated carbocycles. The van der Waals surface area contributed by atoms with E-state index in [4.69, 9.17) is 0 Å². The number of aromatic nitrogens is 2. The van der Waals surface area contributed by atoms with Crippen LogP contribution in [-0.4, -0.2) is 22.6 Å². The predicted octanol–water partition coefficient (Wildman–Crippen LogP) is 1.40. The van der Waals surface area contributed by atoms with Crippen LogP contribution in [0.15, 0.2) is 62.4 Å². The van der Waals surface area contributed by atoms with E-state index >= 15 is 0 Å². The summed E-state index contributed by atoms with van der Waals surface area (Å²) in [4.78, 5) is 21.3. The van der Waals surface area contributed by atoms with E-state index in [2.05, 4.69) is 15.3 Å². The van der Waals surface area contributed by atoms with Crippen molar-refractivity contribution in [1.29, 1.82) is 0 Å². The van der Waals surface area contributed by atoms with Gasteiger partial charge >= 0.3 is 17.4 Å². The second-order valence-corrected chi connectivity index (χ2v) is 7.07. The smallest absolute Gasteiger partial charge is 0.866 e. The number of benzene rings is 2. The maximum absolute atomic E-state index is 12.5. The largest absolute Gasteiger partial charge is 3.00 e. The van der Waals surface area contributed by atoms with E-state index in [-0.39, 0.29) is 28.7 Å². The summed E-state index contributed by atoms with van der Waals surface area (Å²) in [5.41, 5.74) is -2.27. The van der Waals surface area contributed by atoms with Gasteiger partial charge in [0.1, 0.15) is 15.8 Å². The molecule has 0 saturated heterocycles. The third kappa shape index (κ3) is 4.47. The molecule has 30 heavy (non-hydrogen) atoms. The molecule has 0 aliphatic rings. The van der Waals surface area contributed by atoms with Gasteiger partial charge in [0.25, 0.3) is 11.2 Å². The third-order valence-electron chi connectivity index (χ3n) is 3.75. The monoisotopic (exact) mass is 468 g/mol. The summed E-state index contributed by atoms with van der Waals surface area (Å²) in [5, 5.41) is 34.2. The van der Waals surface area contributed by atoms with Gasteiger partial charge in [0.2, 0.25) is 0 Å². The average Bonchev–Trinajstić information content (AvgIpc) is 2.94. The molecule has 0 aliphatic heterocycles. The van der Waals surface area contributed by atoms with Gasteiger partial charge in [-0.15, -0.1) is 10.8 Å². The molecule has 0 spiro atoms. The minimum atomic E-state index is -5.10. The number of nitro groups is 1. The predicted molar refractivity (Wildman–Crippen MR) is 94.8 cm³/mol. The van der Waals surface area contributed by atoms with Gasteiger partial charge in [0.05, 0.1) is 15.5 Å². The van der Waals surface area contributed by atoms with Crippen LogP contribution in [0.3, 0.4) is 0 Å². The van der Waals surface area contributed by atoms with Gasteiger partial charge in [-0.2, -0.15) is 5.11 Å². The second kappa shape index (κ2) is 8.59. The molecule has 153 valence electrons. The zero-order chi connectivity index (χ0) is 21.3. The molecule has 0 N–H and O–H groups in total. The molecular weight excluding hydrogens is 458 g/mol. The zero-order valence-corrected chi connectivity index (χ0v) is 17.0. The van der Waals surface area contributed by atoms with Crippen molar-refractivity contribution in [3.8, 4) is 11.4 Å². The van der Waals surface area contributed by atoms with Crippen molar-refractivity contribution in [3.05, 3.63) is 68.6 Å². The fourth-order valence-electron chi connectivity index (χ4n) is 2.39. The Morgan fingerprint density at radius 3 is 2.33 bits per heavy atom. The molecule has 2 aromatic carbocycles. The van der Waals surface area contributed by atoms with Crippen LogP contribution in [0.5, 0.6) is 5.75 Å². The average molecular weight is 468 g/mol.